The Labute approximate surface area is 125 Å². The molecule has 1 heterocycles. The minimum Gasteiger partial charge on any atom is -0.396 e. The second kappa shape index (κ2) is 7.05. The number of carbonyl (C=O) groups is 1. The van der Waals surface area contributed by atoms with Crippen LogP contribution in [-0.2, 0) is 4.79 Å². The zero-order valence-electron chi connectivity index (χ0n) is 12.2. The third-order valence-electron chi connectivity index (χ3n) is 3.96. The molecule has 0 radical (unpaired) electrons. The molecule has 2 rings (SSSR count). The highest BCUT2D eigenvalue weighted by Gasteiger charge is 2.27. The van der Waals surface area contributed by atoms with Crippen LogP contribution >= 0.6 is 0 Å². The molecule has 4 heteroatoms. The minimum absolute atomic E-state index is 0.0389. The summed E-state index contributed by atoms with van der Waals surface area (Å²) in [5, 5.41) is 18.1. The van der Waals surface area contributed by atoms with Crippen molar-refractivity contribution < 1.29 is 9.90 Å². The van der Waals surface area contributed by atoms with Crippen molar-refractivity contribution in [1.82, 2.24) is 4.90 Å². The first-order valence-corrected chi connectivity index (χ1v) is 7.23. The summed E-state index contributed by atoms with van der Waals surface area (Å²) in [7, 11) is 0. The summed E-state index contributed by atoms with van der Waals surface area (Å²) in [5.41, 5.74) is 1.42. The van der Waals surface area contributed by atoms with Crippen LogP contribution in [0.15, 0.2) is 30.3 Å². The summed E-state index contributed by atoms with van der Waals surface area (Å²) in [6.45, 7) is 2.78. The van der Waals surface area contributed by atoms with Gasteiger partial charge in [-0.1, -0.05) is 12.1 Å². The topological polar surface area (TPSA) is 64.3 Å². The average molecular weight is 284 g/mol. The van der Waals surface area contributed by atoms with E-state index in [0.717, 1.165) is 18.4 Å². The quantitative estimate of drug-likeness (QED) is 0.865. The molecule has 1 fully saturated rings. The smallest absolute Gasteiger partial charge is 0.246 e. The van der Waals surface area contributed by atoms with Crippen LogP contribution in [0.4, 0.5) is 0 Å². The van der Waals surface area contributed by atoms with Gasteiger partial charge in [0, 0.05) is 25.3 Å². The van der Waals surface area contributed by atoms with Crippen molar-refractivity contribution in [2.75, 3.05) is 13.2 Å². The number of piperidine rings is 1. The zero-order chi connectivity index (χ0) is 15.2. The van der Waals surface area contributed by atoms with Gasteiger partial charge in [-0.2, -0.15) is 5.26 Å². The SMILES string of the molecule is CC1CCC(CO)CN1C(=O)/C=C/c1cccc(C#N)c1. The third-order valence-corrected chi connectivity index (χ3v) is 3.96. The Balaban J connectivity index is 2.05. The predicted octanol–water partition coefficient (Wildman–Crippen LogP) is 2.19. The molecule has 110 valence electrons. The Morgan fingerprint density at radius 2 is 2.33 bits per heavy atom. The van der Waals surface area contributed by atoms with E-state index in [1.54, 1.807) is 30.4 Å². The van der Waals surface area contributed by atoms with Gasteiger partial charge in [0.15, 0.2) is 0 Å². The number of nitriles is 1. The number of carbonyl (C=O) groups excluding carboxylic acids is 1. The maximum atomic E-state index is 12.3. The average Bonchev–Trinajstić information content (AvgIpc) is 2.53. The Kier molecular flexibility index (Phi) is 5.13. The molecule has 21 heavy (non-hydrogen) atoms. The van der Waals surface area contributed by atoms with Crippen molar-refractivity contribution in [1.29, 1.82) is 5.26 Å². The fourth-order valence-electron chi connectivity index (χ4n) is 2.61. The summed E-state index contributed by atoms with van der Waals surface area (Å²) >= 11 is 0. The van der Waals surface area contributed by atoms with Gasteiger partial charge >= 0.3 is 0 Å². The summed E-state index contributed by atoms with van der Waals surface area (Å²) in [6.07, 6.45) is 5.18. The van der Waals surface area contributed by atoms with E-state index in [-0.39, 0.29) is 24.5 Å². The maximum absolute atomic E-state index is 12.3. The van der Waals surface area contributed by atoms with Gasteiger partial charge in [-0.05, 0) is 49.5 Å². The van der Waals surface area contributed by atoms with Gasteiger partial charge in [-0.3, -0.25) is 4.79 Å². The van der Waals surface area contributed by atoms with Crippen molar-refractivity contribution in [3.05, 3.63) is 41.5 Å². The van der Waals surface area contributed by atoms with E-state index >= 15 is 0 Å². The monoisotopic (exact) mass is 284 g/mol. The number of hydrogen-bond acceptors (Lipinski definition) is 3. The van der Waals surface area contributed by atoms with E-state index < -0.39 is 0 Å². The molecule has 0 spiro atoms. The van der Waals surface area contributed by atoms with Gasteiger partial charge in [0.1, 0.15) is 0 Å². The summed E-state index contributed by atoms with van der Waals surface area (Å²) in [5.74, 6) is 0.142. The van der Waals surface area contributed by atoms with Gasteiger partial charge in [0.25, 0.3) is 0 Å². The minimum atomic E-state index is -0.0389. The van der Waals surface area contributed by atoms with Crippen molar-refractivity contribution in [2.24, 2.45) is 5.92 Å². The van der Waals surface area contributed by atoms with Crippen LogP contribution in [0, 0.1) is 17.2 Å². The molecule has 1 saturated heterocycles. The number of hydrogen-bond donors (Lipinski definition) is 1. The molecule has 4 nitrogen and oxygen atoms in total. The molecule has 1 amide bonds. The Morgan fingerprint density at radius 3 is 3.05 bits per heavy atom. The number of aliphatic hydroxyl groups is 1. The number of likely N-dealkylation sites (tertiary alicyclic amines) is 1. The van der Waals surface area contributed by atoms with Crippen LogP contribution in [0.3, 0.4) is 0 Å². The van der Waals surface area contributed by atoms with Crippen LogP contribution in [-0.4, -0.2) is 35.1 Å². The van der Waals surface area contributed by atoms with Crippen molar-refractivity contribution in [3.8, 4) is 6.07 Å². The zero-order valence-corrected chi connectivity index (χ0v) is 12.2. The second-order valence-electron chi connectivity index (χ2n) is 5.54. The van der Waals surface area contributed by atoms with Crippen molar-refractivity contribution in [3.63, 3.8) is 0 Å². The molecule has 2 atom stereocenters. The van der Waals surface area contributed by atoms with E-state index in [1.807, 2.05) is 17.9 Å². The Hall–Kier alpha value is -2.12. The third kappa shape index (κ3) is 3.93. The number of amides is 1. The molecule has 0 saturated carbocycles. The fourth-order valence-corrected chi connectivity index (χ4v) is 2.61. The molecule has 0 aromatic heterocycles. The molecular formula is C17H20N2O2. The van der Waals surface area contributed by atoms with Crippen LogP contribution in [0.5, 0.6) is 0 Å². The lowest BCUT2D eigenvalue weighted by atomic mass is 9.94. The van der Waals surface area contributed by atoms with Gasteiger partial charge in [-0.15, -0.1) is 0 Å². The predicted molar refractivity (Wildman–Crippen MR) is 81.2 cm³/mol. The summed E-state index contributed by atoms with van der Waals surface area (Å²) in [4.78, 5) is 14.1. The van der Waals surface area contributed by atoms with Gasteiger partial charge < -0.3 is 10.0 Å². The normalized spacial score (nSPS) is 22.2. The highest BCUT2D eigenvalue weighted by Crippen LogP contribution is 2.22. The molecule has 0 aliphatic carbocycles. The van der Waals surface area contributed by atoms with Crippen LogP contribution in [0.1, 0.15) is 30.9 Å². The molecule has 1 aromatic rings. The van der Waals surface area contributed by atoms with Gasteiger partial charge in [-0.25, -0.2) is 0 Å². The number of rotatable bonds is 3. The molecule has 1 aliphatic heterocycles. The van der Waals surface area contributed by atoms with Gasteiger partial charge in [0.2, 0.25) is 5.91 Å². The highest BCUT2D eigenvalue weighted by atomic mass is 16.3. The standard InChI is InChI=1S/C17H20N2O2/c1-13-5-6-16(12-20)11-19(13)17(21)8-7-14-3-2-4-15(9-14)10-18/h2-4,7-9,13,16,20H,5-6,11-12H2,1H3/b8-7+. The highest BCUT2D eigenvalue weighted by molar-refractivity contribution is 5.92. The number of aliphatic hydroxyl groups excluding tert-OH is 1. The summed E-state index contributed by atoms with van der Waals surface area (Å²) < 4.78 is 0. The lowest BCUT2D eigenvalue weighted by molar-refractivity contribution is -0.130. The second-order valence-corrected chi connectivity index (χ2v) is 5.54. The lowest BCUT2D eigenvalue weighted by Crippen LogP contribution is -2.45. The summed E-state index contributed by atoms with van der Waals surface area (Å²) in [6, 6.07) is 9.43. The maximum Gasteiger partial charge on any atom is 0.246 e. The lowest BCUT2D eigenvalue weighted by Gasteiger charge is -2.36. The van der Waals surface area contributed by atoms with Crippen LogP contribution < -0.4 is 0 Å². The van der Waals surface area contributed by atoms with Crippen molar-refractivity contribution >= 4 is 12.0 Å². The van der Waals surface area contributed by atoms with E-state index in [2.05, 4.69) is 6.07 Å². The van der Waals surface area contributed by atoms with E-state index in [1.165, 1.54) is 0 Å². The first-order chi connectivity index (χ1) is 10.1. The Morgan fingerprint density at radius 1 is 1.52 bits per heavy atom. The Bertz CT molecular complexity index is 574. The molecule has 0 bridgehead atoms. The van der Waals surface area contributed by atoms with Crippen molar-refractivity contribution in [2.45, 2.75) is 25.8 Å². The largest absolute Gasteiger partial charge is 0.396 e. The molecule has 1 N–H and O–H groups in total. The first kappa shape index (κ1) is 15.3. The molecular weight excluding hydrogens is 264 g/mol. The van der Waals surface area contributed by atoms with E-state index in [0.29, 0.717) is 12.1 Å². The van der Waals surface area contributed by atoms with Crippen LogP contribution in [0.2, 0.25) is 0 Å². The van der Waals surface area contributed by atoms with E-state index in [9.17, 15) is 9.90 Å². The molecule has 1 aromatic carbocycles. The van der Waals surface area contributed by atoms with Crippen LogP contribution in [0.25, 0.3) is 6.08 Å². The number of benzene rings is 1. The van der Waals surface area contributed by atoms with Gasteiger partial charge in [0.05, 0.1) is 11.6 Å². The first-order valence-electron chi connectivity index (χ1n) is 7.23. The number of nitrogens with zero attached hydrogens (tertiary/aromatic N) is 2. The molecule has 1 aliphatic rings. The molecule has 2 unspecified atom stereocenters. The fraction of sp³-hybridized carbons (Fsp3) is 0.412. The van der Waals surface area contributed by atoms with E-state index in [4.69, 9.17) is 5.26 Å².